The fourth-order valence-electron chi connectivity index (χ4n) is 1.61. The summed E-state index contributed by atoms with van der Waals surface area (Å²) >= 11 is 0. The Morgan fingerprint density at radius 1 is 1.17 bits per heavy atom. The maximum absolute atomic E-state index is 11.7. The summed E-state index contributed by atoms with van der Waals surface area (Å²) in [6.45, 7) is 3.75. The smallest absolute Gasteiger partial charge is 0.262 e. The summed E-state index contributed by atoms with van der Waals surface area (Å²) in [6, 6.07) is 8.98. The number of nitrogens with zero attached hydrogens (tertiary/aromatic N) is 3. The fraction of sp³-hybridized carbons (Fsp3) is 0.286. The summed E-state index contributed by atoms with van der Waals surface area (Å²) in [5, 5.41) is 7.67. The van der Waals surface area contributed by atoms with Gasteiger partial charge in [-0.15, -0.1) is 39.1 Å². The van der Waals surface area contributed by atoms with Gasteiger partial charge in [-0.1, -0.05) is 44.2 Å². The molecule has 23 heavy (non-hydrogen) atoms. The molecule has 0 aliphatic carbocycles. The lowest BCUT2D eigenvalue weighted by atomic mass is 10.1. The van der Waals surface area contributed by atoms with Gasteiger partial charge in [0, 0.05) is 5.56 Å². The molecule has 126 valence electrons. The molecule has 1 aromatic carbocycles. The number of nitrogens with one attached hydrogen (secondary N) is 2. The van der Waals surface area contributed by atoms with E-state index in [2.05, 4.69) is 26.0 Å². The molecular formula is C14H20Br2N6O. The third kappa shape index (κ3) is 6.20. The second kappa shape index (κ2) is 10.2. The van der Waals surface area contributed by atoms with Crippen LogP contribution in [0.2, 0.25) is 0 Å². The molecule has 4 N–H and O–H groups in total. The number of hydrogen-bond acceptors (Lipinski definition) is 6. The normalized spacial score (nSPS) is 11.0. The molecule has 1 amide bonds. The van der Waals surface area contributed by atoms with Crippen LogP contribution in [0, 0.1) is 5.92 Å². The summed E-state index contributed by atoms with van der Waals surface area (Å²) in [7, 11) is 0. The van der Waals surface area contributed by atoms with Crippen molar-refractivity contribution in [2.24, 2.45) is 11.7 Å². The lowest BCUT2D eigenvalue weighted by Gasteiger charge is -2.15. The van der Waals surface area contributed by atoms with Crippen LogP contribution in [0.5, 0.6) is 0 Å². The standard InChI is InChI=1S/C14H18N6O.2BrH/c1-9(2)12(15)13(21)18-20-14-17-11(8-16-19-14)10-6-4-3-5-7-10;;/h3-9,12H,15H2,1-2H3,(H,18,21)(H,17,19,20);2*1H/t12-;;/m0../s1. The van der Waals surface area contributed by atoms with Crippen LogP contribution in [0.4, 0.5) is 5.95 Å². The molecule has 0 radical (unpaired) electrons. The van der Waals surface area contributed by atoms with E-state index < -0.39 is 6.04 Å². The SMILES string of the molecule is Br.Br.CC(C)[C@H](N)C(=O)NNc1nncc(-c2ccccc2)n1. The Labute approximate surface area is 156 Å². The highest BCUT2D eigenvalue weighted by molar-refractivity contribution is 8.93. The Bertz CT molecular complexity index is 611. The van der Waals surface area contributed by atoms with Crippen LogP contribution in [0.15, 0.2) is 36.5 Å². The Hall–Kier alpha value is -1.58. The molecule has 1 atom stereocenters. The van der Waals surface area contributed by atoms with Crippen molar-refractivity contribution < 1.29 is 4.79 Å². The molecule has 0 fully saturated rings. The number of amides is 1. The van der Waals surface area contributed by atoms with E-state index in [1.807, 2.05) is 44.2 Å². The van der Waals surface area contributed by atoms with Gasteiger partial charge in [0.15, 0.2) is 0 Å². The number of halogens is 2. The maximum Gasteiger partial charge on any atom is 0.262 e. The third-order valence-electron chi connectivity index (χ3n) is 2.95. The summed E-state index contributed by atoms with van der Waals surface area (Å²) in [6.07, 6.45) is 1.56. The lowest BCUT2D eigenvalue weighted by Crippen LogP contribution is -2.46. The van der Waals surface area contributed by atoms with Gasteiger partial charge < -0.3 is 5.73 Å². The Balaban J connectivity index is 0.00000242. The molecule has 0 aliphatic heterocycles. The molecule has 0 spiro atoms. The molecule has 2 aromatic rings. The average Bonchev–Trinajstić information content (AvgIpc) is 2.53. The number of carbonyl (C=O) groups is 1. The second-order valence-corrected chi connectivity index (χ2v) is 4.92. The second-order valence-electron chi connectivity index (χ2n) is 4.92. The van der Waals surface area contributed by atoms with Crippen LogP contribution in [-0.2, 0) is 4.79 Å². The van der Waals surface area contributed by atoms with Crippen LogP contribution in [0.25, 0.3) is 11.3 Å². The van der Waals surface area contributed by atoms with Crippen molar-refractivity contribution in [2.75, 3.05) is 5.43 Å². The minimum Gasteiger partial charge on any atom is -0.320 e. The maximum atomic E-state index is 11.7. The van der Waals surface area contributed by atoms with E-state index >= 15 is 0 Å². The molecule has 0 unspecified atom stereocenters. The number of aromatic nitrogens is 3. The average molecular weight is 448 g/mol. The van der Waals surface area contributed by atoms with Gasteiger partial charge in [0.25, 0.3) is 11.9 Å². The monoisotopic (exact) mass is 446 g/mol. The first-order valence-electron chi connectivity index (χ1n) is 6.64. The summed E-state index contributed by atoms with van der Waals surface area (Å²) in [5.41, 5.74) is 12.4. The first kappa shape index (κ1) is 21.4. The number of nitrogens with two attached hydrogens (primary N) is 1. The van der Waals surface area contributed by atoms with Gasteiger partial charge in [-0.25, -0.2) is 4.98 Å². The van der Waals surface area contributed by atoms with E-state index in [9.17, 15) is 4.79 Å². The molecule has 0 aliphatic rings. The van der Waals surface area contributed by atoms with Gasteiger partial charge in [0.1, 0.15) is 0 Å². The molecular weight excluding hydrogens is 428 g/mol. The number of rotatable bonds is 5. The highest BCUT2D eigenvalue weighted by Crippen LogP contribution is 2.15. The van der Waals surface area contributed by atoms with Crippen molar-refractivity contribution in [3.05, 3.63) is 36.5 Å². The van der Waals surface area contributed by atoms with Crippen molar-refractivity contribution in [1.29, 1.82) is 0 Å². The third-order valence-corrected chi connectivity index (χ3v) is 2.95. The summed E-state index contributed by atoms with van der Waals surface area (Å²) in [5.74, 6) is -0.0686. The molecule has 0 saturated heterocycles. The van der Waals surface area contributed by atoms with Crippen molar-refractivity contribution in [2.45, 2.75) is 19.9 Å². The molecule has 1 heterocycles. The van der Waals surface area contributed by atoms with E-state index in [-0.39, 0.29) is 51.7 Å². The van der Waals surface area contributed by atoms with E-state index in [4.69, 9.17) is 5.73 Å². The number of benzene rings is 1. The van der Waals surface area contributed by atoms with Crippen molar-refractivity contribution in [3.63, 3.8) is 0 Å². The lowest BCUT2D eigenvalue weighted by molar-refractivity contribution is -0.122. The van der Waals surface area contributed by atoms with E-state index in [0.717, 1.165) is 5.56 Å². The van der Waals surface area contributed by atoms with Gasteiger partial charge in [0.05, 0.1) is 17.9 Å². The van der Waals surface area contributed by atoms with E-state index in [1.165, 1.54) is 0 Å². The largest absolute Gasteiger partial charge is 0.320 e. The Morgan fingerprint density at radius 2 is 1.83 bits per heavy atom. The number of hydrogen-bond donors (Lipinski definition) is 3. The Morgan fingerprint density at radius 3 is 2.43 bits per heavy atom. The molecule has 0 bridgehead atoms. The van der Waals surface area contributed by atoms with Crippen LogP contribution >= 0.6 is 34.0 Å². The molecule has 2 rings (SSSR count). The van der Waals surface area contributed by atoms with Crippen LogP contribution in [0.3, 0.4) is 0 Å². The highest BCUT2D eigenvalue weighted by atomic mass is 79.9. The van der Waals surface area contributed by atoms with Crippen LogP contribution in [-0.4, -0.2) is 27.1 Å². The van der Waals surface area contributed by atoms with Gasteiger partial charge in [-0.3, -0.25) is 15.6 Å². The van der Waals surface area contributed by atoms with Gasteiger partial charge in [0.2, 0.25) is 0 Å². The van der Waals surface area contributed by atoms with Crippen LogP contribution in [0.1, 0.15) is 13.8 Å². The van der Waals surface area contributed by atoms with Crippen molar-refractivity contribution in [3.8, 4) is 11.3 Å². The minimum absolute atomic E-state index is 0. The zero-order chi connectivity index (χ0) is 15.2. The summed E-state index contributed by atoms with van der Waals surface area (Å²) in [4.78, 5) is 16.0. The molecule has 7 nitrogen and oxygen atoms in total. The zero-order valence-electron chi connectivity index (χ0n) is 12.8. The number of carbonyl (C=O) groups excluding carboxylic acids is 1. The predicted molar refractivity (Wildman–Crippen MR) is 100 cm³/mol. The highest BCUT2D eigenvalue weighted by Gasteiger charge is 2.17. The summed E-state index contributed by atoms with van der Waals surface area (Å²) < 4.78 is 0. The number of hydrazine groups is 1. The topological polar surface area (TPSA) is 106 Å². The molecule has 0 saturated carbocycles. The Kier molecular flexibility index (Phi) is 9.54. The minimum atomic E-state index is -0.595. The van der Waals surface area contributed by atoms with Gasteiger partial charge in [-0.05, 0) is 5.92 Å². The van der Waals surface area contributed by atoms with Gasteiger partial charge >= 0.3 is 0 Å². The van der Waals surface area contributed by atoms with Gasteiger partial charge in [-0.2, -0.15) is 5.10 Å². The van der Waals surface area contributed by atoms with Crippen molar-refractivity contribution >= 4 is 45.8 Å². The van der Waals surface area contributed by atoms with E-state index in [1.54, 1.807) is 6.20 Å². The zero-order valence-corrected chi connectivity index (χ0v) is 16.2. The molecule has 1 aromatic heterocycles. The predicted octanol–water partition coefficient (Wildman–Crippen LogP) is 2.12. The van der Waals surface area contributed by atoms with Crippen LogP contribution < -0.4 is 16.6 Å². The van der Waals surface area contributed by atoms with E-state index in [0.29, 0.717) is 5.69 Å². The van der Waals surface area contributed by atoms with Crippen molar-refractivity contribution in [1.82, 2.24) is 20.6 Å². The fourth-order valence-corrected chi connectivity index (χ4v) is 1.61. The first-order chi connectivity index (χ1) is 10.1. The molecule has 9 heteroatoms. The number of anilines is 1. The quantitative estimate of drug-likeness (QED) is 0.606. The first-order valence-corrected chi connectivity index (χ1v) is 6.64.